The fourth-order valence-corrected chi connectivity index (χ4v) is 3.19. The van der Waals surface area contributed by atoms with E-state index in [0.29, 0.717) is 24.5 Å². The van der Waals surface area contributed by atoms with Gasteiger partial charge in [-0.25, -0.2) is 4.79 Å². The third kappa shape index (κ3) is 5.36. The van der Waals surface area contributed by atoms with E-state index >= 15 is 0 Å². The van der Waals surface area contributed by atoms with Gasteiger partial charge in [0.05, 0.1) is 11.5 Å². The van der Waals surface area contributed by atoms with Crippen LogP contribution in [0.2, 0.25) is 0 Å². The zero-order valence-corrected chi connectivity index (χ0v) is 16.8. The minimum atomic E-state index is -0.983. The molecule has 0 aliphatic carbocycles. The lowest BCUT2D eigenvalue weighted by molar-refractivity contribution is -0.132. The molecule has 2 aliphatic heterocycles. The summed E-state index contributed by atoms with van der Waals surface area (Å²) in [4.78, 5) is 25.8. The number of hydrogen-bond donors (Lipinski definition) is 3. The Morgan fingerprint density at radius 1 is 1.28 bits per heavy atom. The average molecular weight is 414 g/mol. The van der Waals surface area contributed by atoms with Crippen LogP contribution in [-0.2, 0) is 9.59 Å². The summed E-state index contributed by atoms with van der Waals surface area (Å²) in [5.74, 6) is -0.638. The molecule has 0 fully saturated rings. The summed E-state index contributed by atoms with van der Waals surface area (Å²) in [6.07, 6.45) is 15.2. The fourth-order valence-electron chi connectivity index (χ4n) is 3.06. The Bertz CT molecular complexity index is 888. The molecule has 29 heavy (non-hydrogen) atoms. The highest BCUT2D eigenvalue weighted by Gasteiger charge is 2.27. The molecular weight excluding hydrogens is 392 g/mol. The van der Waals surface area contributed by atoms with Crippen molar-refractivity contribution < 1.29 is 24.2 Å². The number of fused-ring (bicyclic) bond motifs is 1. The summed E-state index contributed by atoms with van der Waals surface area (Å²) in [7, 11) is 1.83. The van der Waals surface area contributed by atoms with Crippen LogP contribution in [0.25, 0.3) is 0 Å². The molecule has 0 bridgehead atoms. The van der Waals surface area contributed by atoms with Crippen molar-refractivity contribution in [2.45, 2.75) is 12.3 Å². The first-order valence-electron chi connectivity index (χ1n) is 8.67. The van der Waals surface area contributed by atoms with E-state index in [1.807, 2.05) is 24.2 Å². The summed E-state index contributed by atoms with van der Waals surface area (Å²) >= 11 is 3.94. The van der Waals surface area contributed by atoms with Crippen molar-refractivity contribution in [3.05, 3.63) is 59.3 Å². The molecule has 1 amide bonds. The molecule has 0 spiro atoms. The SMILES string of the molecule is C#C.CN1/C=C(/C(C(=O)NS)c2ccc3c(c2)OCO3)C/C=C\C(C(=O)O)=C/C1. The predicted molar refractivity (Wildman–Crippen MR) is 113 cm³/mol. The molecule has 0 radical (unpaired) electrons. The summed E-state index contributed by atoms with van der Waals surface area (Å²) < 4.78 is 13.2. The minimum absolute atomic E-state index is 0.153. The van der Waals surface area contributed by atoms with E-state index < -0.39 is 11.9 Å². The molecule has 2 heterocycles. The van der Waals surface area contributed by atoms with Gasteiger partial charge in [-0.05, 0) is 35.9 Å². The summed E-state index contributed by atoms with van der Waals surface area (Å²) in [5, 5.41) is 9.25. The van der Waals surface area contributed by atoms with Crippen LogP contribution in [-0.4, -0.2) is 42.3 Å². The smallest absolute Gasteiger partial charge is 0.335 e. The zero-order valence-electron chi connectivity index (χ0n) is 15.9. The second-order valence-electron chi connectivity index (χ2n) is 6.24. The largest absolute Gasteiger partial charge is 0.478 e. The third-order valence-electron chi connectivity index (χ3n) is 4.36. The number of nitrogens with zero attached hydrogens (tertiary/aromatic N) is 1. The van der Waals surface area contributed by atoms with E-state index in [-0.39, 0.29) is 18.3 Å². The number of allylic oxidation sites excluding steroid dienone is 1. The highest BCUT2D eigenvalue weighted by atomic mass is 32.1. The number of aliphatic carboxylic acids is 1. The van der Waals surface area contributed by atoms with Crippen molar-refractivity contribution in [2.75, 3.05) is 20.4 Å². The maximum absolute atomic E-state index is 12.6. The van der Waals surface area contributed by atoms with E-state index in [1.54, 1.807) is 30.4 Å². The van der Waals surface area contributed by atoms with Crippen LogP contribution in [0.1, 0.15) is 17.9 Å². The van der Waals surface area contributed by atoms with Gasteiger partial charge in [-0.1, -0.05) is 37.1 Å². The fraction of sp³-hybridized carbons (Fsp3) is 0.238. The molecule has 0 aromatic heterocycles. The van der Waals surface area contributed by atoms with Gasteiger partial charge in [0.1, 0.15) is 0 Å². The van der Waals surface area contributed by atoms with Crippen molar-refractivity contribution in [1.29, 1.82) is 0 Å². The van der Waals surface area contributed by atoms with Crippen molar-refractivity contribution in [3.63, 3.8) is 0 Å². The predicted octanol–water partition coefficient (Wildman–Crippen LogP) is 2.50. The second-order valence-corrected chi connectivity index (χ2v) is 6.46. The third-order valence-corrected chi connectivity index (χ3v) is 4.58. The molecule has 2 N–H and O–H groups in total. The Hall–Kier alpha value is -3.31. The Kier molecular flexibility index (Phi) is 7.80. The molecule has 1 atom stereocenters. The number of hydrogen-bond acceptors (Lipinski definition) is 6. The van der Waals surface area contributed by atoms with Crippen LogP contribution in [0.4, 0.5) is 0 Å². The van der Waals surface area contributed by atoms with Gasteiger partial charge < -0.3 is 24.2 Å². The maximum atomic E-state index is 12.6. The number of benzene rings is 1. The Balaban J connectivity index is 0.00000145. The molecule has 8 heteroatoms. The van der Waals surface area contributed by atoms with Crippen LogP contribution < -0.4 is 14.2 Å². The number of amides is 1. The van der Waals surface area contributed by atoms with Crippen molar-refractivity contribution in [2.24, 2.45) is 0 Å². The van der Waals surface area contributed by atoms with Gasteiger partial charge in [-0.2, -0.15) is 0 Å². The Labute approximate surface area is 175 Å². The highest BCUT2D eigenvalue weighted by molar-refractivity contribution is 7.78. The van der Waals surface area contributed by atoms with Crippen LogP contribution in [0.3, 0.4) is 0 Å². The van der Waals surface area contributed by atoms with Gasteiger partial charge in [0, 0.05) is 13.6 Å². The van der Waals surface area contributed by atoms with Gasteiger partial charge in [0.25, 0.3) is 0 Å². The number of rotatable bonds is 4. The molecule has 2 aliphatic rings. The Morgan fingerprint density at radius 3 is 2.69 bits per heavy atom. The van der Waals surface area contributed by atoms with E-state index in [1.165, 1.54) is 0 Å². The number of thiol groups is 1. The van der Waals surface area contributed by atoms with Gasteiger partial charge >= 0.3 is 5.97 Å². The van der Waals surface area contributed by atoms with Crippen LogP contribution in [0, 0.1) is 12.8 Å². The first-order chi connectivity index (χ1) is 14.0. The normalized spacial score (nSPS) is 20.8. The Morgan fingerprint density at radius 2 is 2.00 bits per heavy atom. The lowest BCUT2D eigenvalue weighted by atomic mass is 9.88. The van der Waals surface area contributed by atoms with Gasteiger partial charge in [-0.15, -0.1) is 12.8 Å². The van der Waals surface area contributed by atoms with E-state index in [4.69, 9.17) is 9.47 Å². The van der Waals surface area contributed by atoms with Crippen LogP contribution >= 0.6 is 12.8 Å². The number of terminal acetylenes is 1. The molecule has 3 rings (SSSR count). The summed E-state index contributed by atoms with van der Waals surface area (Å²) in [6.45, 7) is 0.561. The van der Waals surface area contributed by atoms with Crippen LogP contribution in [0.5, 0.6) is 11.5 Å². The van der Waals surface area contributed by atoms with Crippen LogP contribution in [0.15, 0.2) is 53.8 Å². The molecule has 1 aromatic carbocycles. The average Bonchev–Trinajstić information content (AvgIpc) is 3.21. The van der Waals surface area contributed by atoms with Crippen molar-refractivity contribution in [3.8, 4) is 24.3 Å². The zero-order chi connectivity index (χ0) is 21.4. The number of carbonyl (C=O) groups is 2. The first-order valence-corrected chi connectivity index (χ1v) is 9.12. The lowest BCUT2D eigenvalue weighted by Crippen LogP contribution is -2.25. The second kappa shape index (κ2) is 10.3. The molecule has 7 nitrogen and oxygen atoms in total. The first kappa shape index (κ1) is 22.0. The summed E-state index contributed by atoms with van der Waals surface area (Å²) in [5.41, 5.74) is 1.76. The highest BCUT2D eigenvalue weighted by Crippen LogP contribution is 2.37. The number of nitrogens with one attached hydrogen (secondary N) is 1. The van der Waals surface area contributed by atoms with Gasteiger partial charge in [-0.3, -0.25) is 4.79 Å². The number of carbonyl (C=O) groups excluding carboxylic acids is 1. The minimum Gasteiger partial charge on any atom is -0.478 e. The van der Waals surface area contributed by atoms with E-state index in [9.17, 15) is 14.7 Å². The quantitative estimate of drug-likeness (QED) is 0.518. The molecule has 1 unspecified atom stereocenters. The van der Waals surface area contributed by atoms with E-state index in [0.717, 1.165) is 11.1 Å². The number of carboxylic acid groups (broad SMARTS) is 1. The van der Waals surface area contributed by atoms with Gasteiger partial charge in [0.2, 0.25) is 12.7 Å². The number of ether oxygens (including phenoxy) is 2. The van der Waals surface area contributed by atoms with Crippen molar-refractivity contribution in [1.82, 2.24) is 9.62 Å². The standard InChI is InChI=1S/C19H20N2O5S.C2H2/c1-21-8-7-12(19(23)24)3-2-4-14(10-21)17(18(22)20-27)13-5-6-15-16(9-13)26-11-25-15;1-2/h2-3,5-7,9-10,17,27H,4,8,11H2,1H3,(H,20,22)(H,23,24);1-2H/b3-2-,12-7+,14-10+;. The molecule has 1 aromatic rings. The van der Waals surface area contributed by atoms with E-state index in [2.05, 4.69) is 30.4 Å². The lowest BCUT2D eigenvalue weighted by Gasteiger charge is -2.22. The number of likely N-dealkylation sites (N-methyl/N-ethyl adjacent to an activating group) is 1. The summed E-state index contributed by atoms with van der Waals surface area (Å²) in [6, 6.07) is 5.38. The molecule has 152 valence electrons. The monoisotopic (exact) mass is 414 g/mol. The molecule has 0 saturated carbocycles. The maximum Gasteiger partial charge on any atom is 0.335 e. The topological polar surface area (TPSA) is 88.1 Å². The molecular formula is C21H22N2O5S. The number of carboxylic acids is 1. The van der Waals surface area contributed by atoms with Crippen molar-refractivity contribution >= 4 is 24.7 Å². The molecule has 0 saturated heterocycles. The van der Waals surface area contributed by atoms with Gasteiger partial charge in [0.15, 0.2) is 11.5 Å².